The first-order valence-corrected chi connectivity index (χ1v) is 6.47. The number of H-pyrrole nitrogens is 1. The summed E-state index contributed by atoms with van der Waals surface area (Å²) in [5, 5.41) is 0.421. The third-order valence-electron chi connectivity index (χ3n) is 3.55. The van der Waals surface area contributed by atoms with Gasteiger partial charge in [-0.15, -0.1) is 0 Å². The van der Waals surface area contributed by atoms with Gasteiger partial charge in [-0.2, -0.15) is 4.89 Å². The number of fused-ring (bicyclic) bond motifs is 3. The summed E-state index contributed by atoms with van der Waals surface area (Å²) in [6.07, 6.45) is 0. The van der Waals surface area contributed by atoms with Crippen LogP contribution in [0.2, 0.25) is 0 Å². The fraction of sp³-hybridized carbons (Fsp3) is 0.0625. The van der Waals surface area contributed by atoms with Gasteiger partial charge in [0, 0.05) is 17.2 Å². The quantitative estimate of drug-likeness (QED) is 0.698. The summed E-state index contributed by atoms with van der Waals surface area (Å²) < 4.78 is 13.9. The topological polar surface area (TPSA) is 51.3 Å². The average Bonchev–Trinajstić information content (AvgIpc) is 2.95. The first kappa shape index (κ1) is 12.1. The second-order valence-electron chi connectivity index (χ2n) is 4.85. The fourth-order valence-corrected chi connectivity index (χ4v) is 2.54. The zero-order valence-electron chi connectivity index (χ0n) is 10.9. The van der Waals surface area contributed by atoms with E-state index in [0.29, 0.717) is 34.5 Å². The third-order valence-corrected chi connectivity index (χ3v) is 3.55. The molecule has 4 rings (SSSR count). The van der Waals surface area contributed by atoms with Crippen LogP contribution in [0.5, 0.6) is 5.75 Å². The minimum Gasteiger partial charge on any atom is -0.354 e. The highest BCUT2D eigenvalue weighted by Crippen LogP contribution is 2.33. The van der Waals surface area contributed by atoms with Crippen molar-refractivity contribution in [2.24, 2.45) is 0 Å². The van der Waals surface area contributed by atoms with Gasteiger partial charge in [0.05, 0.1) is 16.6 Å². The average molecular weight is 283 g/mol. The predicted molar refractivity (Wildman–Crippen MR) is 75.4 cm³/mol. The maximum atomic E-state index is 13.9. The van der Waals surface area contributed by atoms with E-state index in [4.69, 9.17) is 9.78 Å². The molecule has 0 radical (unpaired) electrons. The highest BCUT2D eigenvalue weighted by molar-refractivity contribution is 5.88. The lowest BCUT2D eigenvalue weighted by molar-refractivity contribution is -0.193. The normalized spacial score (nSPS) is 13.2. The monoisotopic (exact) mass is 283 g/mol. The molecule has 0 saturated carbocycles. The van der Waals surface area contributed by atoms with Gasteiger partial charge < -0.3 is 9.87 Å². The molecule has 2 heterocycles. The Kier molecular flexibility index (Phi) is 2.55. The van der Waals surface area contributed by atoms with Crippen molar-refractivity contribution in [2.75, 3.05) is 0 Å². The molecule has 0 amide bonds. The number of rotatable bonds is 1. The predicted octanol–water partition coefficient (Wildman–Crippen LogP) is 3.16. The molecule has 0 bridgehead atoms. The van der Waals surface area contributed by atoms with Crippen molar-refractivity contribution in [2.45, 2.75) is 6.61 Å². The van der Waals surface area contributed by atoms with E-state index in [0.717, 1.165) is 5.56 Å². The molecule has 4 nitrogen and oxygen atoms in total. The number of pyridine rings is 1. The number of benzene rings is 2. The molecule has 0 atom stereocenters. The standard InChI is InChI=1S/C16H10FNO3/c17-11-4-2-1-3-10(11)13-7-14(19)15-12(18-13)6-5-9-8-20-21-16(9)15/h1-7H,8H2,(H,18,19). The summed E-state index contributed by atoms with van der Waals surface area (Å²) in [5.41, 5.74) is 1.97. The molecule has 0 spiro atoms. The van der Waals surface area contributed by atoms with Gasteiger partial charge in [-0.1, -0.05) is 18.2 Å². The molecule has 0 saturated heterocycles. The molecule has 1 N–H and O–H groups in total. The van der Waals surface area contributed by atoms with Crippen LogP contribution in [-0.4, -0.2) is 4.98 Å². The van der Waals surface area contributed by atoms with Crippen LogP contribution in [0, 0.1) is 5.82 Å². The summed E-state index contributed by atoms with van der Waals surface area (Å²) in [6.45, 7) is 0.319. The lowest BCUT2D eigenvalue weighted by Gasteiger charge is -2.07. The Bertz CT molecular complexity index is 917. The number of aromatic nitrogens is 1. The van der Waals surface area contributed by atoms with Gasteiger partial charge >= 0.3 is 0 Å². The highest BCUT2D eigenvalue weighted by atomic mass is 19.1. The lowest BCUT2D eigenvalue weighted by Crippen LogP contribution is -2.05. The largest absolute Gasteiger partial charge is 0.354 e. The second-order valence-corrected chi connectivity index (χ2v) is 4.85. The van der Waals surface area contributed by atoms with Crippen LogP contribution >= 0.6 is 0 Å². The maximum Gasteiger partial charge on any atom is 0.193 e. The summed E-state index contributed by atoms with van der Waals surface area (Å²) in [4.78, 5) is 25.4. The Morgan fingerprint density at radius 2 is 2.00 bits per heavy atom. The van der Waals surface area contributed by atoms with E-state index in [1.807, 2.05) is 6.07 Å². The van der Waals surface area contributed by atoms with Gasteiger partial charge in [-0.05, 0) is 18.2 Å². The van der Waals surface area contributed by atoms with E-state index in [9.17, 15) is 9.18 Å². The summed E-state index contributed by atoms with van der Waals surface area (Å²) in [5.74, 6) is 0.0575. The molecular weight excluding hydrogens is 273 g/mol. The molecule has 5 heteroatoms. The van der Waals surface area contributed by atoms with Crippen molar-refractivity contribution in [1.82, 2.24) is 4.98 Å². The van der Waals surface area contributed by atoms with Crippen LogP contribution in [0.25, 0.3) is 22.2 Å². The molecular formula is C16H10FNO3. The van der Waals surface area contributed by atoms with Crippen molar-refractivity contribution in [3.8, 4) is 17.0 Å². The first-order valence-electron chi connectivity index (χ1n) is 6.47. The number of hydrogen-bond donors (Lipinski definition) is 1. The van der Waals surface area contributed by atoms with Crippen molar-refractivity contribution < 1.29 is 14.2 Å². The molecule has 2 aromatic carbocycles. The van der Waals surface area contributed by atoms with E-state index in [-0.39, 0.29) is 11.2 Å². The Hall–Kier alpha value is -2.66. The Labute approximate surface area is 118 Å². The van der Waals surface area contributed by atoms with Crippen molar-refractivity contribution in [3.63, 3.8) is 0 Å². The summed E-state index contributed by atoms with van der Waals surface area (Å²) in [7, 11) is 0. The van der Waals surface area contributed by atoms with E-state index in [1.165, 1.54) is 12.1 Å². The van der Waals surface area contributed by atoms with E-state index >= 15 is 0 Å². The van der Waals surface area contributed by atoms with Gasteiger partial charge in [0.25, 0.3) is 0 Å². The van der Waals surface area contributed by atoms with Gasteiger partial charge in [-0.3, -0.25) is 4.79 Å². The SMILES string of the molecule is O=c1cc(-c2ccccc2F)[nH]c2ccc3c(c12)OOC3. The highest BCUT2D eigenvalue weighted by Gasteiger charge is 2.20. The lowest BCUT2D eigenvalue weighted by atomic mass is 10.1. The molecule has 3 aromatic rings. The van der Waals surface area contributed by atoms with Crippen LogP contribution in [0.4, 0.5) is 4.39 Å². The zero-order valence-corrected chi connectivity index (χ0v) is 10.9. The minimum absolute atomic E-state index is 0.232. The van der Waals surface area contributed by atoms with Crippen LogP contribution in [0.3, 0.4) is 0 Å². The fourth-order valence-electron chi connectivity index (χ4n) is 2.54. The molecule has 1 aliphatic rings. The minimum atomic E-state index is -0.381. The Balaban J connectivity index is 2.02. The summed E-state index contributed by atoms with van der Waals surface area (Å²) in [6, 6.07) is 11.3. The van der Waals surface area contributed by atoms with Gasteiger partial charge in [0.2, 0.25) is 0 Å². The number of nitrogens with one attached hydrogen (secondary N) is 1. The van der Waals surface area contributed by atoms with Crippen LogP contribution in [-0.2, 0) is 11.5 Å². The molecule has 0 fully saturated rings. The smallest absolute Gasteiger partial charge is 0.193 e. The van der Waals surface area contributed by atoms with Crippen molar-refractivity contribution >= 4 is 10.9 Å². The van der Waals surface area contributed by atoms with E-state index < -0.39 is 0 Å². The van der Waals surface area contributed by atoms with Gasteiger partial charge in [0.15, 0.2) is 11.2 Å². The van der Waals surface area contributed by atoms with Gasteiger partial charge in [-0.25, -0.2) is 4.39 Å². The van der Waals surface area contributed by atoms with E-state index in [2.05, 4.69) is 4.98 Å². The maximum absolute atomic E-state index is 13.9. The molecule has 0 unspecified atom stereocenters. The number of aromatic amines is 1. The number of hydrogen-bond acceptors (Lipinski definition) is 3. The van der Waals surface area contributed by atoms with Crippen LogP contribution in [0.15, 0.2) is 47.3 Å². The molecule has 1 aliphatic heterocycles. The van der Waals surface area contributed by atoms with Crippen LogP contribution < -0.4 is 10.3 Å². The molecule has 1 aromatic heterocycles. The number of halogens is 1. The molecule has 0 aliphatic carbocycles. The molecule has 104 valence electrons. The zero-order chi connectivity index (χ0) is 14.4. The second kappa shape index (κ2) is 4.43. The van der Waals surface area contributed by atoms with Gasteiger partial charge in [0.1, 0.15) is 12.4 Å². The van der Waals surface area contributed by atoms with Crippen molar-refractivity contribution in [3.05, 3.63) is 64.1 Å². The van der Waals surface area contributed by atoms with Crippen LogP contribution in [0.1, 0.15) is 5.56 Å². The Morgan fingerprint density at radius 3 is 2.86 bits per heavy atom. The summed E-state index contributed by atoms with van der Waals surface area (Å²) >= 11 is 0. The van der Waals surface area contributed by atoms with E-state index in [1.54, 1.807) is 24.3 Å². The van der Waals surface area contributed by atoms with Crippen molar-refractivity contribution in [1.29, 1.82) is 0 Å². The Morgan fingerprint density at radius 1 is 1.14 bits per heavy atom. The molecule has 21 heavy (non-hydrogen) atoms. The third kappa shape index (κ3) is 1.82. The first-order chi connectivity index (χ1) is 10.2.